The molecule has 2 aromatic carbocycles. The van der Waals surface area contributed by atoms with Gasteiger partial charge < -0.3 is 10.0 Å². The maximum absolute atomic E-state index is 12.6. The molecule has 2 amide bonds. The van der Waals surface area contributed by atoms with Crippen LogP contribution in [0, 0.1) is 13.8 Å². The zero-order chi connectivity index (χ0) is 19.0. The van der Waals surface area contributed by atoms with Gasteiger partial charge in [0, 0.05) is 18.5 Å². The summed E-state index contributed by atoms with van der Waals surface area (Å²) in [5.41, 5.74) is 3.32. The number of urea groups is 1. The molecule has 0 atom stereocenters. The molecule has 27 heavy (non-hydrogen) atoms. The Morgan fingerprint density at radius 2 is 1.89 bits per heavy atom. The fourth-order valence-electron chi connectivity index (χ4n) is 3.64. The van der Waals surface area contributed by atoms with E-state index in [1.165, 1.54) is 11.1 Å². The van der Waals surface area contributed by atoms with Gasteiger partial charge in [0.15, 0.2) is 5.82 Å². The summed E-state index contributed by atoms with van der Waals surface area (Å²) in [6, 6.07) is 13.6. The summed E-state index contributed by atoms with van der Waals surface area (Å²) < 4.78 is 0. The monoisotopic (exact) mass is 364 g/mol. The highest BCUT2D eigenvalue weighted by atomic mass is 16.3. The van der Waals surface area contributed by atoms with Gasteiger partial charge in [0.2, 0.25) is 0 Å². The smallest absolute Gasteiger partial charge is 0.323 e. The van der Waals surface area contributed by atoms with Crippen LogP contribution in [0.3, 0.4) is 0 Å². The number of carbonyl (C=O) groups is 1. The summed E-state index contributed by atoms with van der Waals surface area (Å²) in [7, 11) is 0. The minimum absolute atomic E-state index is 0.186. The first-order valence-electron chi connectivity index (χ1n) is 9.25. The summed E-state index contributed by atoms with van der Waals surface area (Å²) in [6.45, 7) is 5.11. The van der Waals surface area contributed by atoms with Gasteiger partial charge >= 0.3 is 6.03 Å². The Bertz CT molecular complexity index is 987. The molecule has 1 aliphatic rings. The Morgan fingerprint density at radius 1 is 1.15 bits per heavy atom. The summed E-state index contributed by atoms with van der Waals surface area (Å²) >= 11 is 0. The Hall–Kier alpha value is -2.86. The van der Waals surface area contributed by atoms with Crippen molar-refractivity contribution in [1.82, 2.24) is 15.1 Å². The van der Waals surface area contributed by atoms with Gasteiger partial charge in [-0.25, -0.2) is 4.79 Å². The second-order valence-electron chi connectivity index (χ2n) is 7.37. The van der Waals surface area contributed by atoms with Crippen LogP contribution in [-0.2, 0) is 5.60 Å². The molecule has 1 aromatic heterocycles. The Labute approximate surface area is 158 Å². The second-order valence-corrected chi connectivity index (χ2v) is 7.37. The van der Waals surface area contributed by atoms with E-state index < -0.39 is 5.60 Å². The quantitative estimate of drug-likeness (QED) is 0.649. The number of fused-ring (bicyclic) bond motifs is 1. The molecule has 1 saturated heterocycles. The number of H-pyrrole nitrogens is 1. The molecule has 0 bridgehead atoms. The molecule has 6 nitrogen and oxygen atoms in total. The third-order valence-corrected chi connectivity index (χ3v) is 5.62. The fourth-order valence-corrected chi connectivity index (χ4v) is 3.64. The van der Waals surface area contributed by atoms with Crippen LogP contribution < -0.4 is 5.32 Å². The van der Waals surface area contributed by atoms with Crippen LogP contribution in [-0.4, -0.2) is 39.3 Å². The Kier molecular flexibility index (Phi) is 4.36. The van der Waals surface area contributed by atoms with Crippen LogP contribution in [0.5, 0.6) is 0 Å². The lowest BCUT2D eigenvalue weighted by Crippen LogP contribution is -2.46. The number of aromatic amines is 1. The van der Waals surface area contributed by atoms with E-state index in [1.54, 1.807) is 4.90 Å². The molecule has 6 heteroatoms. The standard InChI is InChI=1S/C21H24N4O2/c1-14-7-8-16(13-15(14)2)21(27)9-11-25(12-10-21)20(26)22-19-17-5-3-4-6-18(17)23-24-19/h3-8,13,27H,9-12H2,1-2H3,(H2,22,23,24,26). The van der Waals surface area contributed by atoms with Gasteiger partial charge in [0.05, 0.1) is 11.1 Å². The summed E-state index contributed by atoms with van der Waals surface area (Å²) in [4.78, 5) is 14.4. The summed E-state index contributed by atoms with van der Waals surface area (Å²) in [5.74, 6) is 0.533. The summed E-state index contributed by atoms with van der Waals surface area (Å²) in [5, 5.41) is 22.0. The molecule has 4 rings (SSSR count). The van der Waals surface area contributed by atoms with Crippen molar-refractivity contribution in [3.8, 4) is 0 Å². The number of anilines is 1. The molecule has 0 spiro atoms. The zero-order valence-corrected chi connectivity index (χ0v) is 15.6. The van der Waals surface area contributed by atoms with E-state index in [0.717, 1.165) is 16.5 Å². The lowest BCUT2D eigenvalue weighted by Gasteiger charge is -2.38. The van der Waals surface area contributed by atoms with Crippen molar-refractivity contribution in [3.05, 3.63) is 59.2 Å². The predicted octanol–water partition coefficient (Wildman–Crippen LogP) is 3.70. The molecule has 2 heterocycles. The van der Waals surface area contributed by atoms with Crippen LogP contribution in [0.1, 0.15) is 29.5 Å². The van der Waals surface area contributed by atoms with Crippen LogP contribution in [0.15, 0.2) is 42.5 Å². The van der Waals surface area contributed by atoms with Gasteiger partial charge in [-0.2, -0.15) is 5.10 Å². The average Bonchev–Trinajstić information content (AvgIpc) is 3.07. The molecule has 140 valence electrons. The lowest BCUT2D eigenvalue weighted by atomic mass is 9.83. The first kappa shape index (κ1) is 17.5. The number of para-hydroxylation sites is 1. The molecule has 0 aliphatic carbocycles. The van der Waals surface area contributed by atoms with Gasteiger partial charge in [-0.05, 0) is 55.5 Å². The highest BCUT2D eigenvalue weighted by molar-refractivity contribution is 5.98. The van der Waals surface area contributed by atoms with Crippen molar-refractivity contribution in [2.24, 2.45) is 0 Å². The van der Waals surface area contributed by atoms with Gasteiger partial charge in [-0.3, -0.25) is 10.4 Å². The van der Waals surface area contributed by atoms with Crippen molar-refractivity contribution in [1.29, 1.82) is 0 Å². The van der Waals surface area contributed by atoms with Crippen LogP contribution in [0.4, 0.5) is 10.6 Å². The lowest BCUT2D eigenvalue weighted by molar-refractivity contribution is -0.0157. The molecule has 1 fully saturated rings. The number of aromatic nitrogens is 2. The number of nitrogens with zero attached hydrogens (tertiary/aromatic N) is 2. The second kappa shape index (κ2) is 6.70. The highest BCUT2D eigenvalue weighted by Crippen LogP contribution is 2.34. The SMILES string of the molecule is Cc1ccc(C2(O)CCN(C(=O)Nc3n[nH]c4ccccc34)CC2)cc1C. The number of aryl methyl sites for hydroxylation is 2. The molecule has 1 aliphatic heterocycles. The highest BCUT2D eigenvalue weighted by Gasteiger charge is 2.35. The Balaban J connectivity index is 1.44. The van der Waals surface area contributed by atoms with Crippen LogP contribution >= 0.6 is 0 Å². The van der Waals surface area contributed by atoms with Crippen molar-refractivity contribution >= 4 is 22.8 Å². The number of nitrogens with one attached hydrogen (secondary N) is 2. The fraction of sp³-hybridized carbons (Fsp3) is 0.333. The van der Waals surface area contributed by atoms with E-state index in [1.807, 2.05) is 36.4 Å². The van der Waals surface area contributed by atoms with E-state index in [4.69, 9.17) is 0 Å². The first-order valence-corrected chi connectivity index (χ1v) is 9.25. The molecule has 3 N–H and O–H groups in total. The number of rotatable bonds is 2. The third-order valence-electron chi connectivity index (χ3n) is 5.62. The average molecular weight is 364 g/mol. The van der Waals surface area contributed by atoms with Gasteiger partial charge in [0.1, 0.15) is 0 Å². The number of piperidine rings is 1. The molecule has 3 aromatic rings. The van der Waals surface area contributed by atoms with E-state index in [-0.39, 0.29) is 6.03 Å². The normalized spacial score (nSPS) is 16.5. The van der Waals surface area contributed by atoms with Crippen molar-refractivity contribution < 1.29 is 9.90 Å². The van der Waals surface area contributed by atoms with E-state index in [0.29, 0.717) is 31.7 Å². The molecule has 0 saturated carbocycles. The third kappa shape index (κ3) is 3.28. The van der Waals surface area contributed by atoms with E-state index in [9.17, 15) is 9.90 Å². The minimum Gasteiger partial charge on any atom is -0.385 e. The number of amides is 2. The molecular weight excluding hydrogens is 340 g/mol. The molecular formula is C21H24N4O2. The van der Waals surface area contributed by atoms with Crippen LogP contribution in [0.25, 0.3) is 10.9 Å². The predicted molar refractivity (Wildman–Crippen MR) is 106 cm³/mol. The first-order chi connectivity index (χ1) is 13.0. The minimum atomic E-state index is -0.881. The maximum Gasteiger partial charge on any atom is 0.323 e. The van der Waals surface area contributed by atoms with Crippen LogP contribution in [0.2, 0.25) is 0 Å². The van der Waals surface area contributed by atoms with Crippen molar-refractivity contribution in [2.45, 2.75) is 32.3 Å². The van der Waals surface area contributed by atoms with Gasteiger partial charge in [-0.15, -0.1) is 0 Å². The van der Waals surface area contributed by atoms with Crippen molar-refractivity contribution in [3.63, 3.8) is 0 Å². The van der Waals surface area contributed by atoms with Crippen molar-refractivity contribution in [2.75, 3.05) is 18.4 Å². The largest absolute Gasteiger partial charge is 0.385 e. The van der Waals surface area contributed by atoms with Gasteiger partial charge in [-0.1, -0.05) is 30.3 Å². The number of likely N-dealkylation sites (tertiary alicyclic amines) is 1. The van der Waals surface area contributed by atoms with E-state index >= 15 is 0 Å². The maximum atomic E-state index is 12.6. The van der Waals surface area contributed by atoms with Gasteiger partial charge in [0.25, 0.3) is 0 Å². The Morgan fingerprint density at radius 3 is 2.63 bits per heavy atom. The molecule has 0 radical (unpaired) electrons. The number of hydrogen-bond acceptors (Lipinski definition) is 3. The van der Waals surface area contributed by atoms with E-state index in [2.05, 4.69) is 35.4 Å². The number of benzene rings is 2. The zero-order valence-electron chi connectivity index (χ0n) is 15.6. The number of carbonyl (C=O) groups excluding carboxylic acids is 1. The topological polar surface area (TPSA) is 81.2 Å². The number of aliphatic hydroxyl groups is 1. The summed E-state index contributed by atoms with van der Waals surface area (Å²) in [6.07, 6.45) is 1.04. The number of hydrogen-bond donors (Lipinski definition) is 3. The molecule has 0 unspecified atom stereocenters.